The molecule has 116 valence electrons. The summed E-state index contributed by atoms with van der Waals surface area (Å²) >= 11 is 0. The van der Waals surface area contributed by atoms with E-state index in [9.17, 15) is 9.50 Å². The van der Waals surface area contributed by atoms with Crippen molar-refractivity contribution in [1.29, 1.82) is 0 Å². The molecule has 1 N–H and O–H groups in total. The number of halogens is 1. The molecule has 1 fully saturated rings. The van der Waals surface area contributed by atoms with Crippen molar-refractivity contribution in [3.05, 3.63) is 59.9 Å². The lowest BCUT2D eigenvalue weighted by Crippen LogP contribution is -2.41. The van der Waals surface area contributed by atoms with E-state index in [1.165, 1.54) is 30.5 Å². The molecular weight excluding hydrogens is 277 g/mol. The first-order valence-electron chi connectivity index (χ1n) is 7.96. The highest BCUT2D eigenvalue weighted by molar-refractivity contribution is 5.63. The summed E-state index contributed by atoms with van der Waals surface area (Å²) in [6, 6.07) is 15.3. The van der Waals surface area contributed by atoms with E-state index < -0.39 is 0 Å². The molecule has 3 heteroatoms. The van der Waals surface area contributed by atoms with Crippen LogP contribution in [0.1, 0.15) is 24.8 Å². The van der Waals surface area contributed by atoms with E-state index in [4.69, 9.17) is 0 Å². The third-order valence-corrected chi connectivity index (χ3v) is 4.48. The van der Waals surface area contributed by atoms with E-state index >= 15 is 0 Å². The zero-order chi connectivity index (χ0) is 15.4. The van der Waals surface area contributed by atoms with Gasteiger partial charge in [0.1, 0.15) is 5.82 Å². The third-order valence-electron chi connectivity index (χ3n) is 4.48. The quantitative estimate of drug-likeness (QED) is 0.927. The maximum Gasteiger partial charge on any atom is 0.123 e. The molecule has 0 radical (unpaired) electrons. The number of aliphatic hydroxyl groups is 1. The molecule has 0 aliphatic carbocycles. The Labute approximate surface area is 131 Å². The smallest absolute Gasteiger partial charge is 0.123 e. The van der Waals surface area contributed by atoms with Crippen molar-refractivity contribution in [2.45, 2.75) is 31.8 Å². The monoisotopic (exact) mass is 299 g/mol. The first kappa shape index (κ1) is 15.2. The number of hydrogen-bond acceptors (Lipinski definition) is 2. The van der Waals surface area contributed by atoms with Crippen molar-refractivity contribution in [2.24, 2.45) is 0 Å². The van der Waals surface area contributed by atoms with E-state index in [0.717, 1.165) is 30.6 Å². The highest BCUT2D eigenvalue weighted by atomic mass is 19.1. The van der Waals surface area contributed by atoms with Gasteiger partial charge in [-0.1, -0.05) is 42.8 Å². The number of aliphatic hydroxyl groups excluding tert-OH is 1. The van der Waals surface area contributed by atoms with E-state index in [0.29, 0.717) is 6.04 Å². The summed E-state index contributed by atoms with van der Waals surface area (Å²) < 4.78 is 13.0. The topological polar surface area (TPSA) is 23.5 Å². The van der Waals surface area contributed by atoms with Gasteiger partial charge in [-0.15, -0.1) is 0 Å². The standard InChI is InChI=1S/C19H22FNO/c20-18-10-8-17(9-11-18)16-6-4-15(5-7-16)13-21-12-2-1-3-19(21)14-22/h4-11,19,22H,1-3,12-14H2. The van der Waals surface area contributed by atoms with Crippen molar-refractivity contribution >= 4 is 0 Å². The second-order valence-electron chi connectivity index (χ2n) is 6.01. The van der Waals surface area contributed by atoms with Gasteiger partial charge in [0.05, 0.1) is 6.61 Å². The summed E-state index contributed by atoms with van der Waals surface area (Å²) in [6.45, 7) is 2.19. The minimum Gasteiger partial charge on any atom is -0.395 e. The van der Waals surface area contributed by atoms with Gasteiger partial charge in [-0.25, -0.2) is 4.39 Å². The average Bonchev–Trinajstić information content (AvgIpc) is 2.57. The Morgan fingerprint density at radius 2 is 1.59 bits per heavy atom. The molecule has 1 aliphatic rings. The first-order chi connectivity index (χ1) is 10.8. The van der Waals surface area contributed by atoms with Crippen molar-refractivity contribution in [2.75, 3.05) is 13.2 Å². The minimum atomic E-state index is -0.208. The van der Waals surface area contributed by atoms with Gasteiger partial charge in [0, 0.05) is 12.6 Å². The lowest BCUT2D eigenvalue weighted by molar-refractivity contribution is 0.0841. The zero-order valence-corrected chi connectivity index (χ0v) is 12.7. The van der Waals surface area contributed by atoms with Crippen LogP contribution in [-0.4, -0.2) is 29.2 Å². The largest absolute Gasteiger partial charge is 0.395 e. The van der Waals surface area contributed by atoms with Crippen LogP contribution in [0.3, 0.4) is 0 Å². The van der Waals surface area contributed by atoms with Crippen LogP contribution in [0.15, 0.2) is 48.5 Å². The van der Waals surface area contributed by atoms with Gasteiger partial charge in [0.25, 0.3) is 0 Å². The molecule has 22 heavy (non-hydrogen) atoms. The predicted octanol–water partition coefficient (Wildman–Crippen LogP) is 3.84. The number of hydrogen-bond donors (Lipinski definition) is 1. The summed E-state index contributed by atoms with van der Waals surface area (Å²) in [5.41, 5.74) is 3.38. The fourth-order valence-corrected chi connectivity index (χ4v) is 3.15. The summed E-state index contributed by atoms with van der Waals surface area (Å²) in [4.78, 5) is 2.37. The second-order valence-corrected chi connectivity index (χ2v) is 6.01. The van der Waals surface area contributed by atoms with E-state index in [1.54, 1.807) is 12.1 Å². The predicted molar refractivity (Wildman–Crippen MR) is 87.0 cm³/mol. The fourth-order valence-electron chi connectivity index (χ4n) is 3.15. The summed E-state index contributed by atoms with van der Waals surface area (Å²) in [6.07, 6.45) is 3.51. The van der Waals surface area contributed by atoms with Crippen LogP contribution in [0.5, 0.6) is 0 Å². The molecule has 0 amide bonds. The average molecular weight is 299 g/mol. The molecular formula is C19H22FNO. The fraction of sp³-hybridized carbons (Fsp3) is 0.368. The molecule has 1 saturated heterocycles. The van der Waals surface area contributed by atoms with E-state index in [2.05, 4.69) is 29.2 Å². The van der Waals surface area contributed by atoms with Gasteiger partial charge in [-0.3, -0.25) is 4.90 Å². The molecule has 2 nitrogen and oxygen atoms in total. The maximum atomic E-state index is 13.0. The van der Waals surface area contributed by atoms with Gasteiger partial charge in [-0.2, -0.15) is 0 Å². The Hall–Kier alpha value is -1.71. The van der Waals surface area contributed by atoms with Crippen LogP contribution < -0.4 is 0 Å². The van der Waals surface area contributed by atoms with Crippen LogP contribution >= 0.6 is 0 Å². The van der Waals surface area contributed by atoms with Crippen LogP contribution in [0, 0.1) is 5.82 Å². The van der Waals surface area contributed by atoms with E-state index in [-0.39, 0.29) is 12.4 Å². The van der Waals surface area contributed by atoms with Gasteiger partial charge >= 0.3 is 0 Å². The molecule has 1 heterocycles. The Morgan fingerprint density at radius 3 is 2.23 bits per heavy atom. The number of likely N-dealkylation sites (tertiary alicyclic amines) is 1. The lowest BCUT2D eigenvalue weighted by atomic mass is 10.0. The van der Waals surface area contributed by atoms with Crippen molar-refractivity contribution < 1.29 is 9.50 Å². The Kier molecular flexibility index (Phi) is 4.86. The van der Waals surface area contributed by atoms with Gasteiger partial charge in [0.15, 0.2) is 0 Å². The van der Waals surface area contributed by atoms with Crippen molar-refractivity contribution in [3.8, 4) is 11.1 Å². The normalized spacial score (nSPS) is 19.3. The highest BCUT2D eigenvalue weighted by Gasteiger charge is 2.21. The number of rotatable bonds is 4. The van der Waals surface area contributed by atoms with Gasteiger partial charge in [0.2, 0.25) is 0 Å². The number of benzene rings is 2. The molecule has 0 spiro atoms. The molecule has 2 aromatic rings. The second kappa shape index (κ2) is 7.03. The summed E-state index contributed by atoms with van der Waals surface area (Å²) in [5.74, 6) is -0.208. The molecule has 1 atom stereocenters. The van der Waals surface area contributed by atoms with Gasteiger partial charge in [-0.05, 0) is 48.2 Å². The highest BCUT2D eigenvalue weighted by Crippen LogP contribution is 2.23. The molecule has 2 aromatic carbocycles. The Morgan fingerprint density at radius 1 is 0.955 bits per heavy atom. The van der Waals surface area contributed by atoms with E-state index in [1.807, 2.05) is 0 Å². The Bertz CT molecular complexity index is 594. The van der Waals surface area contributed by atoms with Crippen LogP contribution in [0.25, 0.3) is 11.1 Å². The maximum absolute atomic E-state index is 13.0. The van der Waals surface area contributed by atoms with Crippen molar-refractivity contribution in [3.63, 3.8) is 0 Å². The van der Waals surface area contributed by atoms with Crippen LogP contribution in [0.2, 0.25) is 0 Å². The molecule has 0 bridgehead atoms. The van der Waals surface area contributed by atoms with Crippen LogP contribution in [0.4, 0.5) is 4.39 Å². The molecule has 1 aliphatic heterocycles. The lowest BCUT2D eigenvalue weighted by Gasteiger charge is -2.34. The molecule has 1 unspecified atom stereocenters. The number of nitrogens with zero attached hydrogens (tertiary/aromatic N) is 1. The molecule has 3 rings (SSSR count). The van der Waals surface area contributed by atoms with Crippen molar-refractivity contribution in [1.82, 2.24) is 4.90 Å². The molecule has 0 aromatic heterocycles. The zero-order valence-electron chi connectivity index (χ0n) is 12.7. The SMILES string of the molecule is OCC1CCCCN1Cc1ccc(-c2ccc(F)cc2)cc1. The Balaban J connectivity index is 1.70. The van der Waals surface area contributed by atoms with Gasteiger partial charge < -0.3 is 5.11 Å². The summed E-state index contributed by atoms with van der Waals surface area (Å²) in [5, 5.41) is 9.48. The van der Waals surface area contributed by atoms with Crippen LogP contribution in [-0.2, 0) is 6.54 Å². The number of piperidine rings is 1. The third kappa shape index (κ3) is 3.54. The minimum absolute atomic E-state index is 0.208. The molecule has 0 saturated carbocycles. The summed E-state index contributed by atoms with van der Waals surface area (Å²) in [7, 11) is 0. The first-order valence-corrected chi connectivity index (χ1v) is 7.96.